The summed E-state index contributed by atoms with van der Waals surface area (Å²) >= 11 is 0. The Bertz CT molecular complexity index is 880. The van der Waals surface area contributed by atoms with Gasteiger partial charge in [0, 0.05) is 30.6 Å². The van der Waals surface area contributed by atoms with Crippen LogP contribution in [0.15, 0.2) is 33.5 Å². The van der Waals surface area contributed by atoms with Crippen molar-refractivity contribution in [3.05, 3.63) is 40.2 Å². The molecular formula is C20H23NO6. The van der Waals surface area contributed by atoms with Crippen LogP contribution in [0.1, 0.15) is 31.2 Å². The molecule has 0 radical (unpaired) electrons. The number of hydrogen-bond acceptors (Lipinski definition) is 6. The fraction of sp³-hybridized carbons (Fsp3) is 0.450. The summed E-state index contributed by atoms with van der Waals surface area (Å²) in [6.45, 7) is 2.66. The first-order valence-electron chi connectivity index (χ1n) is 9.13. The van der Waals surface area contributed by atoms with Crippen LogP contribution in [0, 0.1) is 6.92 Å². The first-order chi connectivity index (χ1) is 13.0. The Labute approximate surface area is 156 Å². The molecule has 0 aliphatic carbocycles. The van der Waals surface area contributed by atoms with E-state index in [1.807, 2.05) is 6.92 Å². The molecule has 144 valence electrons. The molecule has 0 spiro atoms. The number of benzene rings is 1. The van der Waals surface area contributed by atoms with Crippen LogP contribution in [-0.2, 0) is 14.3 Å². The van der Waals surface area contributed by atoms with Gasteiger partial charge in [0.2, 0.25) is 0 Å². The zero-order valence-electron chi connectivity index (χ0n) is 15.4. The molecule has 1 aromatic heterocycles. The minimum Gasteiger partial charge on any atom is -0.482 e. The number of aryl methyl sites for hydroxylation is 1. The van der Waals surface area contributed by atoms with Gasteiger partial charge in [0.15, 0.2) is 13.2 Å². The quantitative estimate of drug-likeness (QED) is 0.591. The fourth-order valence-electron chi connectivity index (χ4n) is 3.13. The Hall–Kier alpha value is -2.83. The van der Waals surface area contributed by atoms with Crippen LogP contribution in [0.5, 0.6) is 5.75 Å². The largest absolute Gasteiger partial charge is 0.482 e. The van der Waals surface area contributed by atoms with Gasteiger partial charge in [-0.15, -0.1) is 0 Å². The number of rotatable bonds is 5. The van der Waals surface area contributed by atoms with Gasteiger partial charge in [0.05, 0.1) is 0 Å². The zero-order chi connectivity index (χ0) is 19.2. The molecule has 0 bridgehead atoms. The molecule has 27 heavy (non-hydrogen) atoms. The molecule has 3 rings (SSSR count). The number of hydrogen-bond donors (Lipinski definition) is 0. The maximum atomic E-state index is 12.1. The molecule has 0 unspecified atom stereocenters. The van der Waals surface area contributed by atoms with Crippen molar-refractivity contribution in [1.82, 2.24) is 4.90 Å². The van der Waals surface area contributed by atoms with E-state index in [9.17, 15) is 14.4 Å². The summed E-state index contributed by atoms with van der Waals surface area (Å²) < 4.78 is 15.6. The molecule has 1 amide bonds. The number of amides is 1. The van der Waals surface area contributed by atoms with E-state index < -0.39 is 11.6 Å². The highest BCUT2D eigenvalue weighted by Gasteiger charge is 2.17. The van der Waals surface area contributed by atoms with Gasteiger partial charge in [-0.2, -0.15) is 0 Å². The van der Waals surface area contributed by atoms with Crippen LogP contribution in [0.3, 0.4) is 0 Å². The molecule has 1 aromatic carbocycles. The topological polar surface area (TPSA) is 86.0 Å². The van der Waals surface area contributed by atoms with E-state index >= 15 is 0 Å². The summed E-state index contributed by atoms with van der Waals surface area (Å²) in [4.78, 5) is 37.2. The van der Waals surface area contributed by atoms with Gasteiger partial charge in [0.1, 0.15) is 11.3 Å². The zero-order valence-corrected chi connectivity index (χ0v) is 15.4. The maximum Gasteiger partial charge on any atom is 0.344 e. The maximum absolute atomic E-state index is 12.1. The number of nitrogens with zero attached hydrogens (tertiary/aromatic N) is 1. The second-order valence-electron chi connectivity index (χ2n) is 6.65. The van der Waals surface area contributed by atoms with Gasteiger partial charge in [-0.3, -0.25) is 4.79 Å². The van der Waals surface area contributed by atoms with E-state index in [-0.39, 0.29) is 19.1 Å². The molecule has 0 atom stereocenters. The van der Waals surface area contributed by atoms with E-state index in [0.29, 0.717) is 24.4 Å². The summed E-state index contributed by atoms with van der Waals surface area (Å²) in [5, 5.41) is 0.799. The molecule has 0 N–H and O–H groups in total. The molecule has 7 heteroatoms. The van der Waals surface area contributed by atoms with Gasteiger partial charge >= 0.3 is 11.6 Å². The monoisotopic (exact) mass is 373 g/mol. The van der Waals surface area contributed by atoms with Gasteiger partial charge in [-0.1, -0.05) is 12.8 Å². The third-order valence-electron chi connectivity index (χ3n) is 4.59. The number of fused-ring (bicyclic) bond motifs is 1. The molecule has 0 saturated carbocycles. The van der Waals surface area contributed by atoms with Crippen molar-refractivity contribution in [3.8, 4) is 5.75 Å². The summed E-state index contributed by atoms with van der Waals surface area (Å²) in [5.74, 6) is -0.413. The smallest absolute Gasteiger partial charge is 0.344 e. The van der Waals surface area contributed by atoms with E-state index in [0.717, 1.165) is 36.6 Å². The third kappa shape index (κ3) is 5.09. The van der Waals surface area contributed by atoms with Gasteiger partial charge in [0.25, 0.3) is 5.91 Å². The van der Waals surface area contributed by atoms with Crippen LogP contribution in [0.4, 0.5) is 0 Å². The third-order valence-corrected chi connectivity index (χ3v) is 4.59. The van der Waals surface area contributed by atoms with Crippen molar-refractivity contribution >= 4 is 22.8 Å². The lowest BCUT2D eigenvalue weighted by molar-refractivity contribution is -0.153. The lowest BCUT2D eigenvalue weighted by atomic mass is 10.1. The van der Waals surface area contributed by atoms with Crippen molar-refractivity contribution < 1.29 is 23.5 Å². The van der Waals surface area contributed by atoms with E-state index in [2.05, 4.69) is 0 Å². The molecule has 7 nitrogen and oxygen atoms in total. The van der Waals surface area contributed by atoms with Crippen molar-refractivity contribution in [2.45, 2.75) is 32.6 Å². The number of carbonyl (C=O) groups excluding carboxylic acids is 2. The molecule has 1 aliphatic rings. The van der Waals surface area contributed by atoms with Gasteiger partial charge in [-0.05, 0) is 37.5 Å². The molecule has 1 aliphatic heterocycles. The number of ether oxygens (including phenoxy) is 2. The highest BCUT2D eigenvalue weighted by molar-refractivity contribution is 5.82. The number of carbonyl (C=O) groups is 2. The van der Waals surface area contributed by atoms with Crippen LogP contribution in [-0.4, -0.2) is 43.1 Å². The number of likely N-dealkylation sites (tertiary alicyclic amines) is 1. The van der Waals surface area contributed by atoms with Crippen LogP contribution < -0.4 is 10.4 Å². The second-order valence-corrected chi connectivity index (χ2v) is 6.65. The fourth-order valence-corrected chi connectivity index (χ4v) is 3.13. The van der Waals surface area contributed by atoms with Crippen molar-refractivity contribution in [2.24, 2.45) is 0 Å². The lowest BCUT2D eigenvalue weighted by Crippen LogP contribution is -2.35. The van der Waals surface area contributed by atoms with Crippen molar-refractivity contribution in [1.29, 1.82) is 0 Å². The Morgan fingerprint density at radius 3 is 2.56 bits per heavy atom. The molecule has 2 aromatic rings. The minimum atomic E-state index is -0.621. The molecule has 1 fully saturated rings. The first kappa shape index (κ1) is 18.9. The van der Waals surface area contributed by atoms with Crippen LogP contribution in [0.2, 0.25) is 0 Å². The molecular weight excluding hydrogens is 350 g/mol. The molecule has 1 saturated heterocycles. The normalized spacial score (nSPS) is 14.6. The Morgan fingerprint density at radius 1 is 1.07 bits per heavy atom. The Morgan fingerprint density at radius 2 is 1.81 bits per heavy atom. The standard InChI is InChI=1S/C20H23NO6/c1-14-10-19(23)27-17-11-15(6-7-16(14)17)25-13-20(24)26-12-18(22)21-8-4-2-3-5-9-21/h6-7,10-11H,2-5,8-9,12-13H2,1H3. The van der Waals surface area contributed by atoms with E-state index in [4.69, 9.17) is 13.9 Å². The Balaban J connectivity index is 1.50. The van der Waals surface area contributed by atoms with Crippen molar-refractivity contribution in [3.63, 3.8) is 0 Å². The Kier molecular flexibility index (Phi) is 6.11. The SMILES string of the molecule is Cc1cc(=O)oc2cc(OCC(=O)OCC(=O)N3CCCCCC3)ccc12. The molecule has 2 heterocycles. The predicted octanol–water partition coefficient (Wildman–Crippen LogP) is 2.43. The number of esters is 1. The lowest BCUT2D eigenvalue weighted by Gasteiger charge is -2.19. The van der Waals surface area contributed by atoms with Gasteiger partial charge in [-0.25, -0.2) is 9.59 Å². The highest BCUT2D eigenvalue weighted by Crippen LogP contribution is 2.22. The summed E-state index contributed by atoms with van der Waals surface area (Å²) in [6.07, 6.45) is 4.23. The second kappa shape index (κ2) is 8.70. The van der Waals surface area contributed by atoms with Crippen LogP contribution >= 0.6 is 0 Å². The summed E-state index contributed by atoms with van der Waals surface area (Å²) in [7, 11) is 0. The van der Waals surface area contributed by atoms with E-state index in [1.54, 1.807) is 23.1 Å². The van der Waals surface area contributed by atoms with E-state index in [1.165, 1.54) is 6.07 Å². The summed E-state index contributed by atoms with van der Waals surface area (Å²) in [6, 6.07) is 6.42. The predicted molar refractivity (Wildman–Crippen MR) is 98.7 cm³/mol. The van der Waals surface area contributed by atoms with Gasteiger partial charge < -0.3 is 18.8 Å². The first-order valence-corrected chi connectivity index (χ1v) is 9.13. The average Bonchev–Trinajstić information content (AvgIpc) is 2.93. The van der Waals surface area contributed by atoms with Crippen molar-refractivity contribution in [2.75, 3.05) is 26.3 Å². The summed E-state index contributed by atoms with van der Waals surface area (Å²) in [5.41, 5.74) is 0.755. The van der Waals surface area contributed by atoms with Crippen LogP contribution in [0.25, 0.3) is 11.0 Å². The average molecular weight is 373 g/mol. The minimum absolute atomic E-state index is 0.173. The highest BCUT2D eigenvalue weighted by atomic mass is 16.6.